The van der Waals surface area contributed by atoms with Crippen molar-refractivity contribution in [2.75, 3.05) is 26.2 Å². The molecule has 28 heavy (non-hydrogen) atoms. The molecule has 1 saturated heterocycles. The molecule has 0 bridgehead atoms. The minimum Gasteiger partial charge on any atom is -0.337 e. The molecule has 6 nitrogen and oxygen atoms in total. The van der Waals surface area contributed by atoms with Crippen LogP contribution in [0.4, 0.5) is 13.2 Å². The van der Waals surface area contributed by atoms with Crippen LogP contribution in [-0.4, -0.2) is 54.7 Å². The molecule has 0 saturated carbocycles. The van der Waals surface area contributed by atoms with Gasteiger partial charge in [-0.3, -0.25) is 4.79 Å². The number of rotatable bonds is 4. The molecule has 3 rings (SSSR count). The Kier molecular flexibility index (Phi) is 5.87. The first kappa shape index (κ1) is 20.5. The first-order valence-electron chi connectivity index (χ1n) is 8.23. The van der Waals surface area contributed by atoms with Crippen molar-refractivity contribution in [1.29, 1.82) is 0 Å². The van der Waals surface area contributed by atoms with Crippen LogP contribution in [0.1, 0.15) is 10.7 Å². The van der Waals surface area contributed by atoms with Gasteiger partial charge in [0.05, 0.1) is 10.7 Å². The normalized spacial score (nSPS) is 16.1. The molecule has 2 aromatic rings. The number of sulfonamides is 1. The van der Waals surface area contributed by atoms with Crippen molar-refractivity contribution >= 4 is 33.3 Å². The van der Waals surface area contributed by atoms with Gasteiger partial charge in [-0.15, -0.1) is 11.3 Å². The van der Waals surface area contributed by atoms with E-state index in [9.17, 15) is 26.4 Å². The highest BCUT2D eigenvalue weighted by Gasteiger charge is 2.33. The number of hydrogen-bond acceptors (Lipinski definition) is 5. The van der Waals surface area contributed by atoms with Gasteiger partial charge in [0.15, 0.2) is 17.5 Å². The van der Waals surface area contributed by atoms with Crippen LogP contribution in [0, 0.1) is 24.4 Å². The highest BCUT2D eigenvalue weighted by molar-refractivity contribution is 7.89. The summed E-state index contributed by atoms with van der Waals surface area (Å²) in [6.45, 7) is 1.85. The van der Waals surface area contributed by atoms with Crippen molar-refractivity contribution < 1.29 is 26.4 Å². The molecule has 11 heteroatoms. The summed E-state index contributed by atoms with van der Waals surface area (Å²) < 4.78 is 66.3. The Morgan fingerprint density at radius 1 is 1.14 bits per heavy atom. The minimum atomic E-state index is -4.35. The van der Waals surface area contributed by atoms with E-state index < -0.39 is 32.4 Å². The van der Waals surface area contributed by atoms with Gasteiger partial charge in [0.1, 0.15) is 4.90 Å². The third-order valence-corrected chi connectivity index (χ3v) is 6.91. The number of nitrogens with zero attached hydrogens (tertiary/aromatic N) is 3. The lowest BCUT2D eigenvalue weighted by atomic mass is 10.3. The second-order valence-corrected chi connectivity index (χ2v) is 9.00. The smallest absolute Gasteiger partial charge is 0.246 e. The monoisotopic (exact) mass is 431 g/mol. The van der Waals surface area contributed by atoms with Gasteiger partial charge in [0.2, 0.25) is 15.9 Å². The molecule has 0 unspecified atom stereocenters. The average Bonchev–Trinajstić information content (AvgIpc) is 3.09. The van der Waals surface area contributed by atoms with Crippen molar-refractivity contribution in [2.24, 2.45) is 0 Å². The molecule has 1 aromatic carbocycles. The summed E-state index contributed by atoms with van der Waals surface area (Å²) in [4.78, 5) is 17.0. The Hall–Kier alpha value is -2.24. The van der Waals surface area contributed by atoms with Gasteiger partial charge in [0.25, 0.3) is 0 Å². The molecule has 0 aliphatic carbocycles. The van der Waals surface area contributed by atoms with Gasteiger partial charge in [-0.25, -0.2) is 26.6 Å². The molecule has 0 N–H and O–H groups in total. The molecule has 0 spiro atoms. The molecule has 0 radical (unpaired) electrons. The van der Waals surface area contributed by atoms with Crippen LogP contribution in [0.5, 0.6) is 0 Å². The highest BCUT2D eigenvalue weighted by Crippen LogP contribution is 2.24. The summed E-state index contributed by atoms with van der Waals surface area (Å²) in [6, 6.07) is 1.26. The van der Waals surface area contributed by atoms with E-state index in [0.29, 0.717) is 17.8 Å². The number of halogens is 3. The number of carbonyl (C=O) groups is 1. The molecule has 1 aliphatic heterocycles. The molecule has 1 fully saturated rings. The number of amides is 1. The van der Waals surface area contributed by atoms with E-state index in [0.717, 1.165) is 9.31 Å². The van der Waals surface area contributed by atoms with Crippen LogP contribution < -0.4 is 0 Å². The van der Waals surface area contributed by atoms with Gasteiger partial charge < -0.3 is 4.90 Å². The fraction of sp³-hybridized carbons (Fsp3) is 0.294. The first-order valence-corrected chi connectivity index (χ1v) is 10.5. The SMILES string of the molecule is Cc1nc(C=CC(=O)N2CCN(S(=O)(=O)c3ccc(F)c(F)c3F)CC2)cs1. The third kappa shape index (κ3) is 4.10. The topological polar surface area (TPSA) is 70.6 Å². The van der Waals surface area contributed by atoms with Crippen LogP contribution in [-0.2, 0) is 14.8 Å². The van der Waals surface area contributed by atoms with E-state index >= 15 is 0 Å². The Balaban J connectivity index is 1.67. The Labute approximate surface area is 164 Å². The van der Waals surface area contributed by atoms with Gasteiger partial charge in [-0.2, -0.15) is 4.31 Å². The molecule has 150 valence electrons. The van der Waals surface area contributed by atoms with Crippen LogP contribution in [0.2, 0.25) is 0 Å². The van der Waals surface area contributed by atoms with Gasteiger partial charge >= 0.3 is 0 Å². The molecule has 2 heterocycles. The van der Waals surface area contributed by atoms with Crippen LogP contribution >= 0.6 is 11.3 Å². The van der Waals surface area contributed by atoms with E-state index in [1.165, 1.54) is 22.3 Å². The van der Waals surface area contributed by atoms with Gasteiger partial charge in [-0.1, -0.05) is 0 Å². The van der Waals surface area contributed by atoms with Crippen LogP contribution in [0.15, 0.2) is 28.5 Å². The zero-order chi connectivity index (χ0) is 20.5. The van der Waals surface area contributed by atoms with E-state index in [-0.39, 0.29) is 32.1 Å². The Morgan fingerprint density at radius 3 is 2.43 bits per heavy atom. The quantitative estimate of drug-likeness (QED) is 0.551. The predicted molar refractivity (Wildman–Crippen MR) is 97.5 cm³/mol. The summed E-state index contributed by atoms with van der Waals surface area (Å²) in [5.74, 6) is -5.35. The van der Waals surface area contributed by atoms with E-state index in [2.05, 4.69) is 4.98 Å². The van der Waals surface area contributed by atoms with E-state index in [1.54, 1.807) is 11.5 Å². The first-order chi connectivity index (χ1) is 13.2. The van der Waals surface area contributed by atoms with Crippen molar-refractivity contribution in [2.45, 2.75) is 11.8 Å². The molecule has 1 aromatic heterocycles. The van der Waals surface area contributed by atoms with Crippen molar-refractivity contribution in [3.63, 3.8) is 0 Å². The Morgan fingerprint density at radius 2 is 1.82 bits per heavy atom. The van der Waals surface area contributed by atoms with Gasteiger partial charge in [-0.05, 0) is 25.1 Å². The van der Waals surface area contributed by atoms with Crippen LogP contribution in [0.3, 0.4) is 0 Å². The molecule has 1 amide bonds. The standard InChI is InChI=1S/C17H16F3N3O3S2/c1-11-21-12(10-27-11)2-5-15(24)22-6-8-23(9-7-22)28(25,26)14-4-3-13(18)16(19)17(14)20/h2-5,10H,6-9H2,1H3. The number of aryl methyl sites for hydroxylation is 1. The predicted octanol–water partition coefficient (Wildman–Crippen LogP) is 2.42. The fourth-order valence-corrected chi connectivity index (χ4v) is 4.77. The summed E-state index contributed by atoms with van der Waals surface area (Å²) >= 11 is 1.45. The molecular weight excluding hydrogens is 415 g/mol. The van der Waals surface area contributed by atoms with Gasteiger partial charge in [0, 0.05) is 37.6 Å². The molecule has 1 aliphatic rings. The second kappa shape index (κ2) is 8.02. The third-order valence-electron chi connectivity index (χ3n) is 4.20. The van der Waals surface area contributed by atoms with Crippen LogP contribution in [0.25, 0.3) is 6.08 Å². The maximum absolute atomic E-state index is 13.9. The molecular formula is C17H16F3N3O3S2. The lowest BCUT2D eigenvalue weighted by Gasteiger charge is -2.33. The summed E-state index contributed by atoms with van der Waals surface area (Å²) in [6.07, 6.45) is 2.93. The summed E-state index contributed by atoms with van der Waals surface area (Å²) in [5, 5.41) is 2.68. The maximum Gasteiger partial charge on any atom is 0.246 e. The number of thiazole rings is 1. The second-order valence-electron chi connectivity index (χ2n) is 6.03. The number of benzene rings is 1. The Bertz CT molecular complexity index is 1030. The highest BCUT2D eigenvalue weighted by atomic mass is 32.2. The van der Waals surface area contributed by atoms with Crippen molar-refractivity contribution in [3.05, 3.63) is 51.7 Å². The average molecular weight is 431 g/mol. The van der Waals surface area contributed by atoms with Crippen molar-refractivity contribution in [3.8, 4) is 0 Å². The summed E-state index contributed by atoms with van der Waals surface area (Å²) in [5.41, 5.74) is 0.658. The fourth-order valence-electron chi connectivity index (χ4n) is 2.71. The van der Waals surface area contributed by atoms with E-state index in [4.69, 9.17) is 0 Å². The van der Waals surface area contributed by atoms with E-state index in [1.807, 2.05) is 6.92 Å². The zero-order valence-electron chi connectivity index (χ0n) is 14.7. The lowest BCUT2D eigenvalue weighted by molar-refractivity contribution is -0.127. The van der Waals surface area contributed by atoms with Crippen molar-refractivity contribution in [1.82, 2.24) is 14.2 Å². The largest absolute Gasteiger partial charge is 0.337 e. The maximum atomic E-state index is 13.9. The number of hydrogen-bond donors (Lipinski definition) is 0. The minimum absolute atomic E-state index is 0.0871. The zero-order valence-corrected chi connectivity index (χ0v) is 16.4. The number of carbonyl (C=O) groups excluding carboxylic acids is 1. The number of aromatic nitrogens is 1. The number of piperazine rings is 1. The molecule has 0 atom stereocenters. The lowest BCUT2D eigenvalue weighted by Crippen LogP contribution is -2.50. The summed E-state index contributed by atoms with van der Waals surface area (Å²) in [7, 11) is -4.35.